The van der Waals surface area contributed by atoms with E-state index in [1.807, 2.05) is 30.3 Å². The molecule has 0 saturated carbocycles. The molecule has 2 N–H and O–H groups in total. The van der Waals surface area contributed by atoms with Crippen LogP contribution >= 0.6 is 34.5 Å². The van der Waals surface area contributed by atoms with Gasteiger partial charge in [0.05, 0.1) is 10.0 Å². The summed E-state index contributed by atoms with van der Waals surface area (Å²) in [5, 5.41) is 16.7. The summed E-state index contributed by atoms with van der Waals surface area (Å²) >= 11 is 13.3. The van der Waals surface area contributed by atoms with Crippen molar-refractivity contribution in [1.29, 1.82) is 0 Å². The molecule has 4 rings (SSSR count). The van der Waals surface area contributed by atoms with E-state index in [0.717, 1.165) is 30.1 Å². The fourth-order valence-electron chi connectivity index (χ4n) is 2.99. The molecule has 1 amide bonds. The maximum absolute atomic E-state index is 12.5. The third-order valence-corrected chi connectivity index (χ3v) is 5.96. The van der Waals surface area contributed by atoms with E-state index in [9.17, 15) is 4.79 Å². The van der Waals surface area contributed by atoms with Gasteiger partial charge < -0.3 is 5.32 Å². The number of carbonyl (C=O) groups excluding carboxylic acids is 1. The third-order valence-electron chi connectivity index (χ3n) is 4.38. The lowest BCUT2D eigenvalue weighted by Gasteiger charge is -2.17. The second-order valence-electron chi connectivity index (χ2n) is 6.29. The number of amides is 1. The maximum Gasteiger partial charge on any atom is 0.257 e. The summed E-state index contributed by atoms with van der Waals surface area (Å²) in [5.74, 6) is -0.173. The largest absolute Gasteiger partial charge is 0.312 e. The topological polar surface area (TPSA) is 66.9 Å². The molecule has 0 radical (unpaired) electrons. The van der Waals surface area contributed by atoms with Crippen LogP contribution in [0.2, 0.25) is 10.0 Å². The Labute approximate surface area is 170 Å². The fraction of sp³-hybridized carbons (Fsp3) is 0.211. The smallest absolute Gasteiger partial charge is 0.257 e. The first-order chi connectivity index (χ1) is 13.1. The van der Waals surface area contributed by atoms with E-state index in [-0.39, 0.29) is 5.91 Å². The van der Waals surface area contributed by atoms with E-state index in [1.165, 1.54) is 22.5 Å². The van der Waals surface area contributed by atoms with Gasteiger partial charge in [-0.05, 0) is 53.9 Å². The summed E-state index contributed by atoms with van der Waals surface area (Å²) < 4.78 is 0. The molecule has 0 bridgehead atoms. The number of carbonyl (C=O) groups is 1. The van der Waals surface area contributed by atoms with Crippen molar-refractivity contribution >= 4 is 45.6 Å². The first kappa shape index (κ1) is 18.4. The number of benzene rings is 2. The quantitative estimate of drug-likeness (QED) is 0.661. The second kappa shape index (κ2) is 7.94. The van der Waals surface area contributed by atoms with E-state index in [1.54, 1.807) is 6.07 Å². The Hall–Kier alpha value is -1.99. The van der Waals surface area contributed by atoms with Crippen molar-refractivity contribution in [3.05, 3.63) is 73.7 Å². The Morgan fingerprint density at radius 2 is 2.00 bits per heavy atom. The van der Waals surface area contributed by atoms with Crippen molar-refractivity contribution in [1.82, 2.24) is 15.5 Å². The van der Waals surface area contributed by atoms with Crippen LogP contribution in [-0.2, 0) is 19.4 Å². The van der Waals surface area contributed by atoms with Crippen molar-refractivity contribution in [2.75, 3.05) is 11.9 Å². The lowest BCUT2D eigenvalue weighted by Crippen LogP contribution is -2.24. The molecule has 0 saturated heterocycles. The van der Waals surface area contributed by atoms with Crippen molar-refractivity contribution in [3.63, 3.8) is 0 Å². The van der Waals surface area contributed by atoms with Gasteiger partial charge in [0.1, 0.15) is 5.01 Å². The molecule has 1 aliphatic rings. The molecule has 0 spiro atoms. The normalized spacial score (nSPS) is 13.3. The molecule has 138 valence electrons. The van der Waals surface area contributed by atoms with Gasteiger partial charge in [-0.1, -0.05) is 46.7 Å². The molecular formula is C19H16Cl2N4OS. The monoisotopic (exact) mass is 418 g/mol. The van der Waals surface area contributed by atoms with Gasteiger partial charge in [-0.3, -0.25) is 10.1 Å². The first-order valence-electron chi connectivity index (χ1n) is 8.48. The number of aromatic nitrogens is 2. The van der Waals surface area contributed by atoms with Crippen molar-refractivity contribution in [3.8, 4) is 0 Å². The van der Waals surface area contributed by atoms with Gasteiger partial charge in [0, 0.05) is 18.5 Å². The molecule has 27 heavy (non-hydrogen) atoms. The molecule has 3 aromatic rings. The maximum atomic E-state index is 12.5. The summed E-state index contributed by atoms with van der Waals surface area (Å²) in [5.41, 5.74) is 4.09. The van der Waals surface area contributed by atoms with Gasteiger partial charge in [-0.25, -0.2) is 0 Å². The van der Waals surface area contributed by atoms with Crippen LogP contribution in [0.5, 0.6) is 0 Å². The highest BCUT2D eigenvalue weighted by Crippen LogP contribution is 2.25. The highest BCUT2D eigenvalue weighted by Gasteiger charge is 2.14. The van der Waals surface area contributed by atoms with Crippen molar-refractivity contribution in [2.45, 2.75) is 19.4 Å². The predicted molar refractivity (Wildman–Crippen MR) is 109 cm³/mol. The van der Waals surface area contributed by atoms with Crippen LogP contribution in [0.15, 0.2) is 36.4 Å². The number of rotatable bonds is 4. The first-order valence-corrected chi connectivity index (χ1v) is 10.1. The molecule has 1 aliphatic heterocycles. The standard InChI is InChI=1S/C19H16Cl2N4OS/c20-15-4-1-11(7-16(15)21)8-17-24-25-19(27-17)23-18(26)13-2-3-14-10-22-6-5-12(14)9-13/h1-4,7,9,22H,5-6,8,10H2,(H,23,25,26). The molecule has 0 aliphatic carbocycles. The van der Waals surface area contributed by atoms with Crippen LogP contribution in [0.1, 0.15) is 32.1 Å². The SMILES string of the molecule is O=C(Nc1nnc(Cc2ccc(Cl)c(Cl)c2)s1)c1ccc2c(c1)CCNC2. The molecule has 2 heterocycles. The van der Waals surface area contributed by atoms with Gasteiger partial charge in [0.2, 0.25) is 5.13 Å². The third kappa shape index (κ3) is 4.30. The van der Waals surface area contributed by atoms with Gasteiger partial charge in [-0.2, -0.15) is 0 Å². The number of nitrogens with zero attached hydrogens (tertiary/aromatic N) is 2. The zero-order chi connectivity index (χ0) is 18.8. The fourth-order valence-corrected chi connectivity index (χ4v) is 4.08. The summed E-state index contributed by atoms with van der Waals surface area (Å²) in [6, 6.07) is 11.3. The Morgan fingerprint density at radius 3 is 2.85 bits per heavy atom. The van der Waals surface area contributed by atoms with Crippen LogP contribution in [-0.4, -0.2) is 22.6 Å². The van der Waals surface area contributed by atoms with Crippen molar-refractivity contribution < 1.29 is 4.79 Å². The summed E-state index contributed by atoms with van der Waals surface area (Å²) in [6.45, 7) is 1.79. The Kier molecular flexibility index (Phi) is 5.41. The van der Waals surface area contributed by atoms with Gasteiger partial charge in [0.15, 0.2) is 0 Å². The van der Waals surface area contributed by atoms with Crippen molar-refractivity contribution in [2.24, 2.45) is 0 Å². The number of halogens is 2. The van der Waals surface area contributed by atoms with Gasteiger partial charge in [-0.15, -0.1) is 10.2 Å². The number of hydrogen-bond donors (Lipinski definition) is 2. The van der Waals surface area contributed by atoms with E-state index in [4.69, 9.17) is 23.2 Å². The molecule has 1 aromatic heterocycles. The highest BCUT2D eigenvalue weighted by molar-refractivity contribution is 7.15. The molecular weight excluding hydrogens is 403 g/mol. The second-order valence-corrected chi connectivity index (χ2v) is 8.17. The van der Waals surface area contributed by atoms with Crippen LogP contribution in [0.3, 0.4) is 0 Å². The highest BCUT2D eigenvalue weighted by atomic mass is 35.5. The molecule has 8 heteroatoms. The number of fused-ring (bicyclic) bond motifs is 1. The minimum absolute atomic E-state index is 0.173. The minimum atomic E-state index is -0.173. The minimum Gasteiger partial charge on any atom is -0.312 e. The van der Waals surface area contributed by atoms with E-state index in [2.05, 4.69) is 20.8 Å². The zero-order valence-corrected chi connectivity index (χ0v) is 16.6. The van der Waals surface area contributed by atoms with Crippen LogP contribution in [0.4, 0.5) is 5.13 Å². The molecule has 0 unspecified atom stereocenters. The summed E-state index contributed by atoms with van der Waals surface area (Å²) in [6.07, 6.45) is 1.51. The van der Waals surface area contributed by atoms with Gasteiger partial charge in [0.25, 0.3) is 5.91 Å². The van der Waals surface area contributed by atoms with Gasteiger partial charge >= 0.3 is 0 Å². The van der Waals surface area contributed by atoms with E-state index < -0.39 is 0 Å². The summed E-state index contributed by atoms with van der Waals surface area (Å²) in [7, 11) is 0. The lowest BCUT2D eigenvalue weighted by molar-refractivity contribution is 0.102. The van der Waals surface area contributed by atoms with E-state index in [0.29, 0.717) is 27.2 Å². The molecule has 2 aromatic carbocycles. The summed E-state index contributed by atoms with van der Waals surface area (Å²) in [4.78, 5) is 12.5. The number of anilines is 1. The number of hydrogen-bond acceptors (Lipinski definition) is 5. The Morgan fingerprint density at radius 1 is 1.11 bits per heavy atom. The van der Waals surface area contributed by atoms with E-state index >= 15 is 0 Å². The molecule has 0 atom stereocenters. The van der Waals surface area contributed by atoms with Crippen LogP contribution in [0, 0.1) is 0 Å². The predicted octanol–water partition coefficient (Wildman–Crippen LogP) is 4.33. The average molecular weight is 419 g/mol. The zero-order valence-electron chi connectivity index (χ0n) is 14.3. The van der Waals surface area contributed by atoms with Crippen LogP contribution in [0.25, 0.3) is 0 Å². The average Bonchev–Trinajstić information content (AvgIpc) is 3.11. The Balaban J connectivity index is 1.44. The Bertz CT molecular complexity index is 1010. The molecule has 5 nitrogen and oxygen atoms in total. The molecule has 0 fully saturated rings. The van der Waals surface area contributed by atoms with Crippen LogP contribution < -0.4 is 10.6 Å². The number of nitrogens with one attached hydrogen (secondary N) is 2. The lowest BCUT2D eigenvalue weighted by atomic mass is 9.98.